The lowest BCUT2D eigenvalue weighted by atomic mass is 10.1. The quantitative estimate of drug-likeness (QED) is 0.427. The highest BCUT2D eigenvalue weighted by atomic mass is 15.4. The van der Waals surface area contributed by atoms with Gasteiger partial charge in [0, 0.05) is 17.1 Å². The van der Waals surface area contributed by atoms with Gasteiger partial charge in [-0.3, -0.25) is 4.90 Å². The van der Waals surface area contributed by atoms with Crippen LogP contribution in [-0.2, 0) is 7.05 Å². The Morgan fingerprint density at radius 3 is 2.00 bits per heavy atom. The average Bonchev–Trinajstić information content (AvgIpc) is 3.00. The summed E-state index contributed by atoms with van der Waals surface area (Å²) in [6.07, 6.45) is 2.39. The molecule has 0 saturated carbocycles. The third kappa shape index (κ3) is 2.47. The van der Waals surface area contributed by atoms with E-state index in [0.717, 1.165) is 0 Å². The fraction of sp³-hybridized carbons (Fsp3) is 0.160. The molecule has 138 valence electrons. The molecule has 5 rings (SSSR count). The van der Waals surface area contributed by atoms with Gasteiger partial charge >= 0.3 is 0 Å². The van der Waals surface area contributed by atoms with Crippen LogP contribution in [0.5, 0.6) is 0 Å². The minimum Gasteiger partial charge on any atom is -0.298 e. The fourth-order valence-electron chi connectivity index (χ4n) is 4.38. The topological polar surface area (TPSA) is 10.4 Å². The maximum Gasteiger partial charge on any atom is 0.283 e. The molecule has 28 heavy (non-hydrogen) atoms. The van der Waals surface area contributed by atoms with Crippen LogP contribution in [0.4, 0.5) is 22.9 Å². The fourth-order valence-corrected chi connectivity index (χ4v) is 4.38. The van der Waals surface area contributed by atoms with Gasteiger partial charge in [0.1, 0.15) is 0 Å². The van der Waals surface area contributed by atoms with E-state index in [9.17, 15) is 0 Å². The Balaban J connectivity index is 1.71. The van der Waals surface area contributed by atoms with Gasteiger partial charge in [0.25, 0.3) is 5.82 Å². The van der Waals surface area contributed by atoms with Crippen LogP contribution in [0.15, 0.2) is 85.1 Å². The molecular weight excluding hydrogens is 342 g/mol. The van der Waals surface area contributed by atoms with Crippen LogP contribution in [-0.4, -0.2) is 6.17 Å². The van der Waals surface area contributed by atoms with Crippen molar-refractivity contribution in [3.63, 3.8) is 0 Å². The van der Waals surface area contributed by atoms with E-state index in [-0.39, 0.29) is 6.17 Å². The number of aromatic nitrogens is 1. The van der Waals surface area contributed by atoms with Gasteiger partial charge < -0.3 is 0 Å². The summed E-state index contributed by atoms with van der Waals surface area (Å²) in [6.45, 7) is 4.46. The van der Waals surface area contributed by atoms with Gasteiger partial charge in [-0.05, 0) is 43.0 Å². The first kappa shape index (κ1) is 16.8. The zero-order valence-electron chi connectivity index (χ0n) is 16.5. The summed E-state index contributed by atoms with van der Waals surface area (Å²) in [5, 5.41) is 2.51. The van der Waals surface area contributed by atoms with Gasteiger partial charge in [-0.15, -0.1) is 0 Å². The van der Waals surface area contributed by atoms with E-state index >= 15 is 0 Å². The number of pyridine rings is 1. The summed E-state index contributed by atoms with van der Waals surface area (Å²) >= 11 is 0. The largest absolute Gasteiger partial charge is 0.298 e. The van der Waals surface area contributed by atoms with E-state index in [1.165, 1.54) is 39.2 Å². The van der Waals surface area contributed by atoms with E-state index in [0.29, 0.717) is 0 Å². The van der Waals surface area contributed by atoms with Crippen molar-refractivity contribution in [2.45, 2.75) is 20.0 Å². The summed E-state index contributed by atoms with van der Waals surface area (Å²) in [7, 11) is 2.13. The Morgan fingerprint density at radius 2 is 1.29 bits per heavy atom. The molecule has 1 aliphatic rings. The first-order chi connectivity index (χ1) is 13.6. The second-order valence-corrected chi connectivity index (χ2v) is 7.52. The zero-order chi connectivity index (χ0) is 19.3. The Hall–Kier alpha value is -3.33. The van der Waals surface area contributed by atoms with Crippen molar-refractivity contribution in [3.05, 3.63) is 90.6 Å². The van der Waals surface area contributed by atoms with Crippen molar-refractivity contribution in [2.24, 2.45) is 7.05 Å². The first-order valence-corrected chi connectivity index (χ1v) is 9.77. The third-order valence-electron chi connectivity index (χ3n) is 5.74. The number of hydrogen-bond acceptors (Lipinski definition) is 2. The van der Waals surface area contributed by atoms with Crippen LogP contribution in [0.3, 0.4) is 0 Å². The van der Waals surface area contributed by atoms with Gasteiger partial charge in [-0.2, -0.15) is 0 Å². The number of nitrogens with zero attached hydrogens (tertiary/aromatic N) is 3. The molecule has 0 aliphatic carbocycles. The molecule has 1 atom stereocenters. The van der Waals surface area contributed by atoms with E-state index in [2.05, 4.69) is 120 Å². The molecule has 0 spiro atoms. The Labute approximate surface area is 166 Å². The maximum absolute atomic E-state index is 2.44. The Morgan fingerprint density at radius 1 is 0.714 bits per heavy atom. The van der Waals surface area contributed by atoms with Crippen LogP contribution in [0.25, 0.3) is 10.8 Å². The minimum absolute atomic E-state index is 0.172. The highest BCUT2D eigenvalue weighted by Crippen LogP contribution is 2.47. The molecule has 0 saturated heterocycles. The summed E-state index contributed by atoms with van der Waals surface area (Å²) < 4.78 is 2.23. The average molecular weight is 366 g/mol. The number of para-hydroxylation sites is 3. The second kappa shape index (κ2) is 6.38. The zero-order valence-corrected chi connectivity index (χ0v) is 16.5. The van der Waals surface area contributed by atoms with Gasteiger partial charge in [-0.25, -0.2) is 9.47 Å². The number of fused-ring (bicyclic) bond motifs is 2. The number of anilines is 4. The second-order valence-electron chi connectivity index (χ2n) is 7.52. The van der Waals surface area contributed by atoms with Gasteiger partial charge in [0.05, 0.1) is 18.9 Å². The van der Waals surface area contributed by atoms with Crippen LogP contribution in [0.1, 0.15) is 12.5 Å². The molecule has 1 aromatic heterocycles. The number of aryl methyl sites for hydroxylation is 2. The van der Waals surface area contributed by atoms with Crippen molar-refractivity contribution < 1.29 is 4.57 Å². The Bertz CT molecular complexity index is 1180. The van der Waals surface area contributed by atoms with Crippen molar-refractivity contribution >= 4 is 33.7 Å². The molecule has 0 unspecified atom stereocenters. The summed E-state index contributed by atoms with van der Waals surface area (Å²) in [4.78, 5) is 4.88. The van der Waals surface area contributed by atoms with Crippen LogP contribution in [0.2, 0.25) is 0 Å². The van der Waals surface area contributed by atoms with E-state index in [1.54, 1.807) is 0 Å². The van der Waals surface area contributed by atoms with Crippen molar-refractivity contribution in [1.82, 2.24) is 0 Å². The van der Waals surface area contributed by atoms with Crippen molar-refractivity contribution in [3.8, 4) is 0 Å². The van der Waals surface area contributed by atoms with E-state index in [4.69, 9.17) is 0 Å². The van der Waals surface area contributed by atoms with E-state index < -0.39 is 0 Å². The molecular formula is C25H24N3+. The SMILES string of the molecule is Cc1ccccc1N1c2ccccc2N(c2cc3ccccc3c[n+]2C)[C@@H]1C. The number of hydrogen-bond donors (Lipinski definition) is 0. The molecule has 0 bridgehead atoms. The van der Waals surface area contributed by atoms with Gasteiger partial charge in [-0.1, -0.05) is 54.6 Å². The van der Waals surface area contributed by atoms with Crippen LogP contribution >= 0.6 is 0 Å². The van der Waals surface area contributed by atoms with Crippen molar-refractivity contribution in [1.29, 1.82) is 0 Å². The van der Waals surface area contributed by atoms with Crippen LogP contribution < -0.4 is 14.4 Å². The molecule has 0 amide bonds. The normalized spacial score (nSPS) is 15.9. The lowest BCUT2D eigenvalue weighted by Crippen LogP contribution is -2.43. The molecule has 3 aromatic carbocycles. The third-order valence-corrected chi connectivity index (χ3v) is 5.74. The highest BCUT2D eigenvalue weighted by molar-refractivity contribution is 5.90. The maximum atomic E-state index is 2.44. The summed E-state index contributed by atoms with van der Waals surface area (Å²) in [5.74, 6) is 1.19. The lowest BCUT2D eigenvalue weighted by Gasteiger charge is -2.26. The standard InChI is InChI=1S/C25H24N3/c1-18-10-4-7-13-22(18)27-19(2)28(24-15-9-8-14-23(24)27)25-16-20-11-5-6-12-21(20)17-26(25)3/h4-17,19H,1-3H3/q+1/t19-/m1/s1. The molecule has 2 heterocycles. The predicted molar refractivity (Wildman–Crippen MR) is 116 cm³/mol. The van der Waals surface area contributed by atoms with Gasteiger partial charge in [0.15, 0.2) is 11.9 Å². The monoisotopic (exact) mass is 366 g/mol. The molecule has 3 heteroatoms. The van der Waals surface area contributed by atoms with E-state index in [1.807, 2.05) is 0 Å². The highest BCUT2D eigenvalue weighted by Gasteiger charge is 2.42. The summed E-state index contributed by atoms with van der Waals surface area (Å²) in [6, 6.07) is 28.2. The predicted octanol–water partition coefficient (Wildman–Crippen LogP) is 5.61. The number of benzene rings is 3. The van der Waals surface area contributed by atoms with Crippen LogP contribution in [0, 0.1) is 6.92 Å². The molecule has 0 N–H and O–H groups in total. The lowest BCUT2D eigenvalue weighted by molar-refractivity contribution is -0.657. The molecule has 4 aromatic rings. The molecule has 0 fully saturated rings. The van der Waals surface area contributed by atoms with Gasteiger partial charge in [0.2, 0.25) is 0 Å². The minimum atomic E-state index is 0.172. The molecule has 0 radical (unpaired) electrons. The first-order valence-electron chi connectivity index (χ1n) is 9.77. The molecule has 1 aliphatic heterocycles. The Kier molecular flexibility index (Phi) is 3.83. The number of rotatable bonds is 2. The smallest absolute Gasteiger partial charge is 0.283 e. The molecule has 3 nitrogen and oxygen atoms in total. The summed E-state index contributed by atoms with van der Waals surface area (Å²) in [5.41, 5.74) is 5.03. The van der Waals surface area contributed by atoms with Crippen molar-refractivity contribution in [2.75, 3.05) is 9.80 Å².